The lowest BCUT2D eigenvalue weighted by molar-refractivity contribution is -0.175. The van der Waals surface area contributed by atoms with E-state index in [1.807, 2.05) is 20.8 Å². The predicted octanol–water partition coefficient (Wildman–Crippen LogP) is 3.72. The van der Waals surface area contributed by atoms with Gasteiger partial charge in [-0.1, -0.05) is 0 Å². The molecule has 0 saturated carbocycles. The summed E-state index contributed by atoms with van der Waals surface area (Å²) in [4.78, 5) is 38.8. The van der Waals surface area contributed by atoms with Crippen molar-refractivity contribution in [3.63, 3.8) is 0 Å². The van der Waals surface area contributed by atoms with Crippen LogP contribution in [-0.2, 0) is 17.7 Å². The summed E-state index contributed by atoms with van der Waals surface area (Å²) in [5.41, 5.74) is 5.98. The zero-order valence-electron chi connectivity index (χ0n) is 24.8. The van der Waals surface area contributed by atoms with Gasteiger partial charge in [-0.15, -0.1) is 24.8 Å². The van der Waals surface area contributed by atoms with Crippen molar-refractivity contribution in [2.75, 3.05) is 25.1 Å². The first-order valence-corrected chi connectivity index (χ1v) is 13.5. The number of aromatic carboxylic acids is 2. The summed E-state index contributed by atoms with van der Waals surface area (Å²) >= 11 is 0. The SMILES string of the molecule is CC(C)(C)OC(=O)N1CCc2[nH]c3ccc(C(=O)O)cc3c2C1.Cl.Cl.NNc1ccc(C(=O)O)cc1.OC1(O)CCNCC1. The third kappa shape index (κ3) is 11.2. The van der Waals surface area contributed by atoms with E-state index in [0.29, 0.717) is 51.1 Å². The quantitative estimate of drug-likeness (QED) is 0.115. The lowest BCUT2D eigenvalue weighted by atomic mass is 10.0. The highest BCUT2D eigenvalue weighted by atomic mass is 35.5. The molecule has 9 N–H and O–H groups in total. The van der Waals surface area contributed by atoms with Crippen LogP contribution < -0.4 is 16.6 Å². The molecule has 0 bridgehead atoms. The minimum Gasteiger partial charge on any atom is -0.478 e. The van der Waals surface area contributed by atoms with E-state index in [1.165, 1.54) is 12.1 Å². The average Bonchev–Trinajstić information content (AvgIpc) is 3.30. The second-order valence-corrected chi connectivity index (χ2v) is 11.1. The van der Waals surface area contributed by atoms with Gasteiger partial charge in [-0.05, 0) is 63.2 Å². The minimum absolute atomic E-state index is 0. The van der Waals surface area contributed by atoms with Gasteiger partial charge in [0.15, 0.2) is 5.79 Å². The molecule has 2 aliphatic heterocycles. The van der Waals surface area contributed by atoms with Crippen LogP contribution in [0.5, 0.6) is 0 Å². The van der Waals surface area contributed by atoms with E-state index in [1.54, 1.807) is 35.2 Å². The summed E-state index contributed by atoms with van der Waals surface area (Å²) in [6, 6.07) is 11.2. The highest BCUT2D eigenvalue weighted by Gasteiger charge is 2.28. The average molecular weight is 659 g/mol. The van der Waals surface area contributed by atoms with Crippen molar-refractivity contribution in [2.45, 2.75) is 58.0 Å². The molecule has 0 radical (unpaired) electrons. The number of hydrazine groups is 1. The highest BCUT2D eigenvalue weighted by Crippen LogP contribution is 2.29. The highest BCUT2D eigenvalue weighted by molar-refractivity contribution is 5.95. The van der Waals surface area contributed by atoms with Gasteiger partial charge in [0.1, 0.15) is 5.60 Å². The number of nitrogens with zero attached hydrogens (tertiary/aromatic N) is 1. The number of halogens is 2. The van der Waals surface area contributed by atoms with Crippen LogP contribution in [0.3, 0.4) is 0 Å². The number of aliphatic hydroxyl groups is 2. The van der Waals surface area contributed by atoms with Crippen LogP contribution in [0.15, 0.2) is 42.5 Å². The van der Waals surface area contributed by atoms with E-state index in [2.05, 4.69) is 15.7 Å². The molecule has 0 spiro atoms. The molecule has 5 rings (SSSR count). The molecule has 0 unspecified atom stereocenters. The fourth-order valence-corrected chi connectivity index (χ4v) is 4.37. The molecule has 13 nitrogen and oxygen atoms in total. The molecular formula is C29H41Cl2N5O8. The number of carboxylic acid groups (broad SMARTS) is 2. The Morgan fingerprint density at radius 1 is 0.955 bits per heavy atom. The molecule has 3 heterocycles. The Labute approximate surface area is 267 Å². The molecule has 244 valence electrons. The maximum atomic E-state index is 12.3. The number of carbonyl (C=O) groups excluding carboxylic acids is 1. The second kappa shape index (κ2) is 16.5. The number of benzene rings is 2. The molecule has 2 aromatic carbocycles. The number of fused-ring (bicyclic) bond motifs is 3. The van der Waals surface area contributed by atoms with E-state index in [-0.39, 0.29) is 42.0 Å². The van der Waals surface area contributed by atoms with Crippen molar-refractivity contribution in [1.29, 1.82) is 0 Å². The van der Waals surface area contributed by atoms with Crippen LogP contribution in [0.25, 0.3) is 10.9 Å². The van der Waals surface area contributed by atoms with E-state index >= 15 is 0 Å². The lowest BCUT2D eigenvalue weighted by Crippen LogP contribution is -2.41. The van der Waals surface area contributed by atoms with Gasteiger partial charge in [0.05, 0.1) is 17.7 Å². The van der Waals surface area contributed by atoms with E-state index in [9.17, 15) is 14.4 Å². The molecule has 1 saturated heterocycles. The molecule has 3 aromatic rings. The number of nitrogens with two attached hydrogens (primary N) is 1. The van der Waals surface area contributed by atoms with Crippen LogP contribution in [0.4, 0.5) is 10.5 Å². The standard InChI is InChI=1S/C17H20N2O4.C7H8N2O2.C5H11NO2.2ClH/c1-17(2,3)23-16(22)19-7-6-14-12(9-19)11-8-10(15(20)21)4-5-13(11)18-14;8-9-6-3-1-5(2-4-6)7(10)11;7-5(8)1-3-6-4-2-5;;/h4-5,8,18H,6-7,9H2,1-3H3,(H,20,21);1-4,9H,8H2,(H,10,11);6-8H,1-4H2;2*1H. The van der Waals surface area contributed by atoms with Crippen LogP contribution >= 0.6 is 24.8 Å². The van der Waals surface area contributed by atoms with Crippen LogP contribution in [0.1, 0.15) is 65.6 Å². The largest absolute Gasteiger partial charge is 0.478 e. The van der Waals surface area contributed by atoms with Crippen molar-refractivity contribution >= 4 is 59.4 Å². The Bertz CT molecular complexity index is 1400. The molecule has 1 aromatic heterocycles. The number of piperidine rings is 1. The molecule has 1 fully saturated rings. The van der Waals surface area contributed by atoms with Gasteiger partial charge < -0.3 is 45.8 Å². The number of ether oxygens (including phenoxy) is 1. The lowest BCUT2D eigenvalue weighted by Gasteiger charge is -2.30. The fourth-order valence-electron chi connectivity index (χ4n) is 4.37. The minimum atomic E-state index is -1.38. The number of nitrogens with one attached hydrogen (secondary N) is 3. The van der Waals surface area contributed by atoms with Gasteiger partial charge in [-0.2, -0.15) is 0 Å². The number of aromatic nitrogens is 1. The molecule has 44 heavy (non-hydrogen) atoms. The van der Waals surface area contributed by atoms with Crippen LogP contribution in [-0.4, -0.2) is 79.4 Å². The first-order valence-electron chi connectivity index (χ1n) is 13.5. The Balaban J connectivity index is 0.000000384. The predicted molar refractivity (Wildman–Crippen MR) is 171 cm³/mol. The molecule has 0 aliphatic carbocycles. The number of hydrogen-bond donors (Lipinski definition) is 8. The number of rotatable bonds is 3. The zero-order chi connectivity index (χ0) is 31.1. The number of nitrogen functional groups attached to an aromatic ring is 1. The number of H-pyrrole nitrogens is 1. The zero-order valence-corrected chi connectivity index (χ0v) is 26.4. The molecule has 0 atom stereocenters. The summed E-state index contributed by atoms with van der Waals surface area (Å²) in [5, 5.41) is 39.3. The van der Waals surface area contributed by atoms with Crippen molar-refractivity contribution in [3.05, 3.63) is 64.8 Å². The van der Waals surface area contributed by atoms with Gasteiger partial charge in [0.25, 0.3) is 0 Å². The van der Waals surface area contributed by atoms with Gasteiger partial charge in [0.2, 0.25) is 0 Å². The maximum Gasteiger partial charge on any atom is 0.410 e. The summed E-state index contributed by atoms with van der Waals surface area (Å²) in [6.07, 6.45) is 1.26. The Morgan fingerprint density at radius 2 is 1.52 bits per heavy atom. The van der Waals surface area contributed by atoms with E-state index < -0.39 is 23.3 Å². The molecule has 15 heteroatoms. The van der Waals surface area contributed by atoms with Crippen molar-refractivity contribution in [3.8, 4) is 0 Å². The summed E-state index contributed by atoms with van der Waals surface area (Å²) < 4.78 is 5.43. The van der Waals surface area contributed by atoms with Crippen molar-refractivity contribution in [2.24, 2.45) is 5.84 Å². The van der Waals surface area contributed by atoms with Gasteiger partial charge in [-0.25, -0.2) is 14.4 Å². The van der Waals surface area contributed by atoms with E-state index in [0.717, 1.165) is 22.2 Å². The van der Waals surface area contributed by atoms with E-state index in [4.69, 9.17) is 31.0 Å². The van der Waals surface area contributed by atoms with Crippen LogP contribution in [0, 0.1) is 0 Å². The third-order valence-corrected chi connectivity index (χ3v) is 6.58. The Kier molecular flexibility index (Phi) is 14.4. The maximum absolute atomic E-state index is 12.3. The number of carbonyl (C=O) groups is 3. The second-order valence-electron chi connectivity index (χ2n) is 11.1. The molecular weight excluding hydrogens is 617 g/mol. The third-order valence-electron chi connectivity index (χ3n) is 6.58. The Morgan fingerprint density at radius 3 is 2.00 bits per heavy atom. The van der Waals surface area contributed by atoms with Gasteiger partial charge in [0, 0.05) is 66.7 Å². The molecule has 1 amide bonds. The monoisotopic (exact) mass is 657 g/mol. The van der Waals surface area contributed by atoms with Gasteiger partial charge >= 0.3 is 18.0 Å². The number of hydrogen-bond acceptors (Lipinski definition) is 9. The van der Waals surface area contributed by atoms with Gasteiger partial charge in [-0.3, -0.25) is 5.84 Å². The number of aromatic amines is 1. The first-order chi connectivity index (χ1) is 19.7. The van der Waals surface area contributed by atoms with Crippen molar-refractivity contribution in [1.82, 2.24) is 15.2 Å². The topological polar surface area (TPSA) is 210 Å². The Hall–Kier alpha value is -3.59. The summed E-state index contributed by atoms with van der Waals surface area (Å²) in [6.45, 7) is 7.95. The summed E-state index contributed by atoms with van der Waals surface area (Å²) in [7, 11) is 0. The van der Waals surface area contributed by atoms with Crippen LogP contribution in [0.2, 0.25) is 0 Å². The smallest absolute Gasteiger partial charge is 0.410 e. The summed E-state index contributed by atoms with van der Waals surface area (Å²) in [5.74, 6) is 1.80. The fraction of sp³-hybridized carbons (Fsp3) is 0.414. The van der Waals surface area contributed by atoms with Crippen molar-refractivity contribution < 1.29 is 39.5 Å². The number of carboxylic acids is 2. The molecule has 2 aliphatic rings. The number of amides is 1. The number of anilines is 1. The normalized spacial score (nSPS) is 15.0. The first kappa shape index (κ1) is 38.4.